The summed E-state index contributed by atoms with van der Waals surface area (Å²) in [5, 5.41) is 0. The molecule has 0 aromatic carbocycles. The predicted octanol–water partition coefficient (Wildman–Crippen LogP) is 2.79. The minimum Gasteiger partial charge on any atom is -0.339 e. The van der Waals surface area contributed by atoms with Gasteiger partial charge in [0.1, 0.15) is 4.60 Å². The van der Waals surface area contributed by atoms with Crippen molar-refractivity contribution in [1.82, 2.24) is 14.8 Å². The van der Waals surface area contributed by atoms with E-state index in [1.165, 1.54) is 13.0 Å². The van der Waals surface area contributed by atoms with Crippen LogP contribution in [0.5, 0.6) is 0 Å². The maximum Gasteiger partial charge on any atom is 0.256 e. The number of nitrogens with zero attached hydrogens (tertiary/aromatic N) is 3. The molecule has 0 atom stereocenters. The Morgan fingerprint density at radius 3 is 2.80 bits per heavy atom. The van der Waals surface area contributed by atoms with Gasteiger partial charge in [-0.25, -0.2) is 4.98 Å². The SMILES string of the molecule is CCCN1CCC(N(C)C(=O)c2cccnc2Br)CC1. The molecule has 2 heterocycles. The Morgan fingerprint density at radius 1 is 1.50 bits per heavy atom. The molecule has 0 bridgehead atoms. The molecule has 1 amide bonds. The van der Waals surface area contributed by atoms with Crippen LogP contribution in [0.15, 0.2) is 22.9 Å². The number of aromatic nitrogens is 1. The highest BCUT2D eigenvalue weighted by Gasteiger charge is 2.26. The number of piperidine rings is 1. The first-order valence-electron chi connectivity index (χ1n) is 7.23. The molecule has 0 aliphatic carbocycles. The van der Waals surface area contributed by atoms with Crippen molar-refractivity contribution >= 4 is 21.8 Å². The van der Waals surface area contributed by atoms with E-state index >= 15 is 0 Å². The summed E-state index contributed by atoms with van der Waals surface area (Å²) in [6.45, 7) is 5.55. The quantitative estimate of drug-likeness (QED) is 0.791. The highest BCUT2D eigenvalue weighted by atomic mass is 79.9. The van der Waals surface area contributed by atoms with Crippen LogP contribution < -0.4 is 0 Å². The van der Waals surface area contributed by atoms with Gasteiger partial charge in [0.05, 0.1) is 5.56 Å². The summed E-state index contributed by atoms with van der Waals surface area (Å²) in [5.41, 5.74) is 0.644. The zero-order valence-electron chi connectivity index (χ0n) is 12.2. The molecule has 110 valence electrons. The molecular weight excluding hydrogens is 318 g/mol. The van der Waals surface area contributed by atoms with E-state index in [1.54, 1.807) is 12.3 Å². The van der Waals surface area contributed by atoms with Crippen molar-refractivity contribution in [3.05, 3.63) is 28.5 Å². The first-order chi connectivity index (χ1) is 9.63. The number of pyridine rings is 1. The minimum atomic E-state index is 0.0546. The lowest BCUT2D eigenvalue weighted by Gasteiger charge is -2.36. The molecule has 0 saturated carbocycles. The Morgan fingerprint density at radius 2 is 2.20 bits per heavy atom. The highest BCUT2D eigenvalue weighted by Crippen LogP contribution is 2.20. The summed E-state index contributed by atoms with van der Waals surface area (Å²) < 4.78 is 0.625. The molecule has 0 unspecified atom stereocenters. The fourth-order valence-electron chi connectivity index (χ4n) is 2.75. The third kappa shape index (κ3) is 3.58. The Labute approximate surface area is 129 Å². The third-order valence-corrected chi connectivity index (χ3v) is 4.59. The number of likely N-dealkylation sites (tertiary alicyclic amines) is 1. The molecular formula is C15H22BrN3O. The van der Waals surface area contributed by atoms with Crippen LogP contribution in [-0.2, 0) is 0 Å². The van der Waals surface area contributed by atoms with Crippen LogP contribution in [0.25, 0.3) is 0 Å². The predicted molar refractivity (Wildman–Crippen MR) is 83.8 cm³/mol. The number of rotatable bonds is 4. The highest BCUT2D eigenvalue weighted by molar-refractivity contribution is 9.10. The first-order valence-corrected chi connectivity index (χ1v) is 8.02. The third-order valence-electron chi connectivity index (χ3n) is 3.95. The molecule has 1 fully saturated rings. The Balaban J connectivity index is 1.97. The molecule has 2 rings (SSSR count). The largest absolute Gasteiger partial charge is 0.339 e. The van der Waals surface area contributed by atoms with Crippen molar-refractivity contribution in [2.45, 2.75) is 32.2 Å². The van der Waals surface area contributed by atoms with Gasteiger partial charge in [0.25, 0.3) is 5.91 Å². The molecule has 0 spiro atoms. The second-order valence-electron chi connectivity index (χ2n) is 5.33. The normalized spacial score (nSPS) is 17.1. The van der Waals surface area contributed by atoms with Gasteiger partial charge >= 0.3 is 0 Å². The van der Waals surface area contributed by atoms with Crippen LogP contribution in [-0.4, -0.2) is 53.4 Å². The van der Waals surface area contributed by atoms with Crippen molar-refractivity contribution in [2.24, 2.45) is 0 Å². The zero-order valence-corrected chi connectivity index (χ0v) is 13.8. The average Bonchev–Trinajstić information content (AvgIpc) is 2.47. The fraction of sp³-hybridized carbons (Fsp3) is 0.600. The van der Waals surface area contributed by atoms with Gasteiger partial charge in [0.2, 0.25) is 0 Å². The van der Waals surface area contributed by atoms with Crippen molar-refractivity contribution in [2.75, 3.05) is 26.7 Å². The van der Waals surface area contributed by atoms with Crippen molar-refractivity contribution < 1.29 is 4.79 Å². The van der Waals surface area contributed by atoms with Gasteiger partial charge in [-0.2, -0.15) is 0 Å². The Bertz CT molecular complexity index is 458. The summed E-state index contributed by atoms with van der Waals surface area (Å²) in [6, 6.07) is 3.96. The maximum absolute atomic E-state index is 12.5. The molecule has 5 heteroatoms. The van der Waals surface area contributed by atoms with Crippen molar-refractivity contribution in [1.29, 1.82) is 0 Å². The van der Waals surface area contributed by atoms with Gasteiger partial charge in [-0.15, -0.1) is 0 Å². The van der Waals surface area contributed by atoms with E-state index < -0.39 is 0 Å². The van der Waals surface area contributed by atoms with Gasteiger partial charge in [-0.05, 0) is 53.9 Å². The van der Waals surface area contributed by atoms with Crippen molar-refractivity contribution in [3.8, 4) is 0 Å². The van der Waals surface area contributed by atoms with Gasteiger partial charge < -0.3 is 9.80 Å². The van der Waals surface area contributed by atoms with Crippen LogP contribution in [0.1, 0.15) is 36.5 Å². The van der Waals surface area contributed by atoms with E-state index in [-0.39, 0.29) is 5.91 Å². The molecule has 20 heavy (non-hydrogen) atoms. The number of carbonyl (C=O) groups is 1. The lowest BCUT2D eigenvalue weighted by molar-refractivity contribution is 0.0641. The summed E-state index contributed by atoms with van der Waals surface area (Å²) in [7, 11) is 1.90. The van der Waals surface area contributed by atoms with Crippen LogP contribution >= 0.6 is 15.9 Å². The van der Waals surface area contributed by atoms with Crippen LogP contribution in [0, 0.1) is 0 Å². The van der Waals surface area contributed by atoms with Crippen LogP contribution in [0.4, 0.5) is 0 Å². The number of halogens is 1. The van der Waals surface area contributed by atoms with E-state index in [0.29, 0.717) is 16.2 Å². The molecule has 1 aromatic heterocycles. The molecule has 1 aliphatic heterocycles. The Kier molecular flexibility index (Phi) is 5.54. The average molecular weight is 340 g/mol. The maximum atomic E-state index is 12.5. The number of carbonyl (C=O) groups excluding carboxylic acids is 1. The molecule has 4 nitrogen and oxygen atoms in total. The van der Waals surface area contributed by atoms with Crippen LogP contribution in [0.3, 0.4) is 0 Å². The van der Waals surface area contributed by atoms with Crippen molar-refractivity contribution in [3.63, 3.8) is 0 Å². The zero-order chi connectivity index (χ0) is 14.5. The summed E-state index contributed by atoms with van der Waals surface area (Å²) in [5.74, 6) is 0.0546. The van der Waals surface area contributed by atoms with Crippen LogP contribution in [0.2, 0.25) is 0 Å². The van der Waals surface area contributed by atoms with E-state index in [4.69, 9.17) is 0 Å². The summed E-state index contributed by atoms with van der Waals surface area (Å²) in [4.78, 5) is 21.0. The Hall–Kier alpha value is -0.940. The number of hydrogen-bond acceptors (Lipinski definition) is 3. The molecule has 1 aromatic rings. The van der Waals surface area contributed by atoms with E-state index in [9.17, 15) is 4.79 Å². The molecule has 1 saturated heterocycles. The minimum absolute atomic E-state index is 0.0546. The molecule has 0 N–H and O–H groups in total. The number of hydrogen-bond donors (Lipinski definition) is 0. The number of amides is 1. The topological polar surface area (TPSA) is 36.4 Å². The van der Waals surface area contributed by atoms with E-state index in [1.807, 2.05) is 18.0 Å². The second-order valence-corrected chi connectivity index (χ2v) is 6.08. The fourth-order valence-corrected chi connectivity index (χ4v) is 3.17. The monoisotopic (exact) mass is 339 g/mol. The van der Waals surface area contributed by atoms with Gasteiger partial charge in [-0.3, -0.25) is 4.79 Å². The van der Waals surface area contributed by atoms with Gasteiger partial charge in [-0.1, -0.05) is 6.92 Å². The van der Waals surface area contributed by atoms with E-state index in [2.05, 4.69) is 32.7 Å². The van der Waals surface area contributed by atoms with E-state index in [0.717, 1.165) is 25.9 Å². The smallest absolute Gasteiger partial charge is 0.256 e. The lowest BCUT2D eigenvalue weighted by Crippen LogP contribution is -2.45. The summed E-state index contributed by atoms with van der Waals surface area (Å²) >= 11 is 3.35. The summed E-state index contributed by atoms with van der Waals surface area (Å²) in [6.07, 6.45) is 4.99. The second kappa shape index (κ2) is 7.18. The van der Waals surface area contributed by atoms with Gasteiger partial charge in [0.15, 0.2) is 0 Å². The molecule has 0 radical (unpaired) electrons. The lowest BCUT2D eigenvalue weighted by atomic mass is 10.0. The first kappa shape index (κ1) is 15.4. The standard InChI is InChI=1S/C15H22BrN3O/c1-3-9-19-10-6-12(7-11-19)18(2)15(20)13-5-4-8-17-14(13)16/h4-5,8,12H,3,6-7,9-11H2,1-2H3. The van der Waals surface area contributed by atoms with Gasteiger partial charge in [0, 0.05) is 32.4 Å². The molecule has 1 aliphatic rings.